The number of ether oxygens (including phenoxy) is 1. The van der Waals surface area contributed by atoms with Crippen molar-refractivity contribution < 1.29 is 22.7 Å². The highest BCUT2D eigenvalue weighted by Gasteiger charge is 2.30. The first-order chi connectivity index (χ1) is 12.4. The number of carbonyl (C=O) groups excluding carboxylic acids is 1. The van der Waals surface area contributed by atoms with E-state index in [4.69, 9.17) is 0 Å². The van der Waals surface area contributed by atoms with E-state index >= 15 is 0 Å². The molecule has 10 heteroatoms. The number of nitrogens with one attached hydrogen (secondary N) is 1. The molecule has 0 aliphatic heterocycles. The van der Waals surface area contributed by atoms with Crippen molar-refractivity contribution in [2.45, 2.75) is 6.18 Å². The predicted octanol–water partition coefficient (Wildman–Crippen LogP) is 3.21. The highest BCUT2D eigenvalue weighted by Crippen LogP contribution is 2.29. The Balaban J connectivity index is 1.73. The van der Waals surface area contributed by atoms with Crippen LogP contribution in [0.1, 0.15) is 16.1 Å². The molecule has 2 aromatic heterocycles. The van der Waals surface area contributed by atoms with Gasteiger partial charge in [-0.2, -0.15) is 18.2 Å². The largest absolute Gasteiger partial charge is 0.464 e. The van der Waals surface area contributed by atoms with Gasteiger partial charge in [-0.05, 0) is 36.4 Å². The third-order valence-corrected chi connectivity index (χ3v) is 3.37. The molecule has 0 bridgehead atoms. The summed E-state index contributed by atoms with van der Waals surface area (Å²) in [5, 5.41) is 7.01. The van der Waals surface area contributed by atoms with Crippen LogP contribution in [0.2, 0.25) is 0 Å². The SMILES string of the molecule is COC(=O)c1ccc(Nc2ncn(-c3ccc(C(F)(F)F)cc3)n2)cn1. The van der Waals surface area contributed by atoms with E-state index in [9.17, 15) is 18.0 Å². The van der Waals surface area contributed by atoms with E-state index < -0.39 is 17.7 Å². The Bertz CT molecular complexity index is 905. The van der Waals surface area contributed by atoms with Crippen molar-refractivity contribution in [2.24, 2.45) is 0 Å². The van der Waals surface area contributed by atoms with E-state index in [0.29, 0.717) is 11.4 Å². The normalized spacial score (nSPS) is 11.2. The number of pyridine rings is 1. The molecule has 0 spiro atoms. The highest BCUT2D eigenvalue weighted by atomic mass is 19.4. The van der Waals surface area contributed by atoms with Gasteiger partial charge < -0.3 is 10.1 Å². The second-order valence-electron chi connectivity index (χ2n) is 5.11. The molecule has 2 heterocycles. The molecule has 0 unspecified atom stereocenters. The second-order valence-corrected chi connectivity index (χ2v) is 5.11. The van der Waals surface area contributed by atoms with Crippen LogP contribution >= 0.6 is 0 Å². The van der Waals surface area contributed by atoms with Crippen LogP contribution in [0.25, 0.3) is 5.69 Å². The lowest BCUT2D eigenvalue weighted by atomic mass is 10.2. The Morgan fingerprint density at radius 2 is 1.85 bits per heavy atom. The zero-order valence-corrected chi connectivity index (χ0v) is 13.4. The van der Waals surface area contributed by atoms with E-state index in [1.807, 2.05) is 0 Å². The van der Waals surface area contributed by atoms with Crippen molar-refractivity contribution in [1.29, 1.82) is 0 Å². The van der Waals surface area contributed by atoms with Gasteiger partial charge in [0.2, 0.25) is 5.95 Å². The minimum absolute atomic E-state index is 0.154. The van der Waals surface area contributed by atoms with Gasteiger partial charge in [-0.25, -0.2) is 14.5 Å². The van der Waals surface area contributed by atoms with E-state index in [2.05, 4.69) is 25.1 Å². The smallest absolute Gasteiger partial charge is 0.416 e. The summed E-state index contributed by atoms with van der Waals surface area (Å²) in [6.07, 6.45) is -1.62. The highest BCUT2D eigenvalue weighted by molar-refractivity contribution is 5.87. The summed E-state index contributed by atoms with van der Waals surface area (Å²) >= 11 is 0. The first-order valence-electron chi connectivity index (χ1n) is 7.27. The van der Waals surface area contributed by atoms with Gasteiger partial charge in [0.1, 0.15) is 12.0 Å². The minimum Gasteiger partial charge on any atom is -0.464 e. The van der Waals surface area contributed by atoms with Gasteiger partial charge in [-0.15, -0.1) is 5.10 Å². The number of methoxy groups -OCH3 is 1. The van der Waals surface area contributed by atoms with Crippen molar-refractivity contribution >= 4 is 17.6 Å². The van der Waals surface area contributed by atoms with E-state index in [1.165, 1.54) is 42.5 Å². The Morgan fingerprint density at radius 1 is 1.12 bits per heavy atom. The van der Waals surface area contributed by atoms with Crippen molar-refractivity contribution in [3.05, 3.63) is 60.2 Å². The minimum atomic E-state index is -4.39. The molecule has 7 nitrogen and oxygen atoms in total. The number of halogens is 3. The molecular weight excluding hydrogens is 351 g/mol. The summed E-state index contributed by atoms with van der Waals surface area (Å²) in [6.45, 7) is 0. The predicted molar refractivity (Wildman–Crippen MR) is 85.2 cm³/mol. The average molecular weight is 363 g/mol. The first kappa shape index (κ1) is 17.4. The number of aromatic nitrogens is 4. The average Bonchev–Trinajstić information content (AvgIpc) is 3.09. The topological polar surface area (TPSA) is 81.9 Å². The van der Waals surface area contributed by atoms with E-state index in [-0.39, 0.29) is 11.6 Å². The van der Waals surface area contributed by atoms with Crippen LogP contribution < -0.4 is 5.32 Å². The number of esters is 1. The number of benzene rings is 1. The van der Waals surface area contributed by atoms with E-state index in [0.717, 1.165) is 12.1 Å². The Labute approximate surface area is 145 Å². The summed E-state index contributed by atoms with van der Waals surface area (Å²) < 4.78 is 43.7. The van der Waals surface area contributed by atoms with Crippen LogP contribution in [0, 0.1) is 0 Å². The van der Waals surface area contributed by atoms with Crippen molar-refractivity contribution in [1.82, 2.24) is 19.7 Å². The standard InChI is InChI=1S/C16H12F3N5O2/c1-26-14(25)13-7-4-11(8-20-13)22-15-21-9-24(23-15)12-5-2-10(3-6-12)16(17,18)19/h2-9H,1H3,(H,22,23). The third kappa shape index (κ3) is 3.79. The molecule has 0 aliphatic carbocycles. The maximum Gasteiger partial charge on any atom is 0.416 e. The monoisotopic (exact) mass is 363 g/mol. The van der Waals surface area contributed by atoms with Gasteiger partial charge in [0.25, 0.3) is 0 Å². The number of hydrogen-bond acceptors (Lipinski definition) is 6. The van der Waals surface area contributed by atoms with Gasteiger partial charge in [-0.1, -0.05) is 0 Å². The number of anilines is 2. The zero-order valence-electron chi connectivity index (χ0n) is 13.4. The van der Waals surface area contributed by atoms with Crippen LogP contribution in [0.5, 0.6) is 0 Å². The van der Waals surface area contributed by atoms with Crippen LogP contribution in [0.15, 0.2) is 48.9 Å². The maximum atomic E-state index is 12.6. The molecule has 0 aliphatic rings. The molecule has 0 radical (unpaired) electrons. The van der Waals surface area contributed by atoms with Crippen LogP contribution in [0.3, 0.4) is 0 Å². The van der Waals surface area contributed by atoms with Gasteiger partial charge in [0.05, 0.1) is 30.2 Å². The quantitative estimate of drug-likeness (QED) is 0.717. The Hall–Kier alpha value is -3.43. The molecule has 0 saturated carbocycles. The number of rotatable bonds is 4. The molecule has 0 fully saturated rings. The number of hydrogen-bond donors (Lipinski definition) is 1. The summed E-state index contributed by atoms with van der Waals surface area (Å²) in [4.78, 5) is 19.3. The molecule has 0 atom stereocenters. The van der Waals surface area contributed by atoms with Crippen LogP contribution in [0.4, 0.5) is 24.8 Å². The second kappa shape index (κ2) is 6.82. The fourth-order valence-corrected chi connectivity index (χ4v) is 2.07. The van der Waals surface area contributed by atoms with Crippen molar-refractivity contribution in [2.75, 3.05) is 12.4 Å². The summed E-state index contributed by atoms with van der Waals surface area (Å²) in [5.41, 5.74) is 0.373. The van der Waals surface area contributed by atoms with E-state index in [1.54, 1.807) is 6.07 Å². The lowest BCUT2D eigenvalue weighted by Gasteiger charge is -2.07. The molecule has 0 saturated heterocycles. The van der Waals surface area contributed by atoms with Gasteiger partial charge in [-0.3, -0.25) is 0 Å². The fourth-order valence-electron chi connectivity index (χ4n) is 2.07. The van der Waals surface area contributed by atoms with Gasteiger partial charge >= 0.3 is 12.1 Å². The molecule has 3 aromatic rings. The zero-order chi connectivity index (χ0) is 18.7. The van der Waals surface area contributed by atoms with Crippen LogP contribution in [-0.2, 0) is 10.9 Å². The molecule has 26 heavy (non-hydrogen) atoms. The third-order valence-electron chi connectivity index (χ3n) is 3.37. The number of carbonyl (C=O) groups is 1. The maximum absolute atomic E-state index is 12.6. The molecule has 1 N–H and O–H groups in total. The lowest BCUT2D eigenvalue weighted by Crippen LogP contribution is -2.05. The summed E-state index contributed by atoms with van der Waals surface area (Å²) in [7, 11) is 1.26. The summed E-state index contributed by atoms with van der Waals surface area (Å²) in [6, 6.07) is 7.61. The van der Waals surface area contributed by atoms with Crippen molar-refractivity contribution in [3.63, 3.8) is 0 Å². The van der Waals surface area contributed by atoms with Gasteiger partial charge in [0, 0.05) is 0 Å². The van der Waals surface area contributed by atoms with Gasteiger partial charge in [0.15, 0.2) is 0 Å². The molecule has 1 aromatic carbocycles. The Kier molecular flexibility index (Phi) is 4.57. The van der Waals surface area contributed by atoms with Crippen molar-refractivity contribution in [3.8, 4) is 5.69 Å². The van der Waals surface area contributed by atoms with Crippen LogP contribution in [-0.4, -0.2) is 32.8 Å². The molecule has 0 amide bonds. The summed E-state index contributed by atoms with van der Waals surface area (Å²) in [5.74, 6) is -0.334. The molecular formula is C16H12F3N5O2. The Morgan fingerprint density at radius 3 is 2.42 bits per heavy atom. The fraction of sp³-hybridized carbons (Fsp3) is 0.125. The number of alkyl halides is 3. The molecule has 3 rings (SSSR count). The number of nitrogens with zero attached hydrogens (tertiary/aromatic N) is 4. The molecule has 134 valence electrons. The lowest BCUT2D eigenvalue weighted by molar-refractivity contribution is -0.137. The first-order valence-corrected chi connectivity index (χ1v) is 7.27.